The maximum Gasteiger partial charge on any atom is 0.117 e. The lowest BCUT2D eigenvalue weighted by Gasteiger charge is -2.40. The lowest BCUT2D eigenvalue weighted by Crippen LogP contribution is -2.50. The van der Waals surface area contributed by atoms with Crippen molar-refractivity contribution in [1.29, 1.82) is 0 Å². The number of methoxy groups -OCH3 is 1. The minimum atomic E-state index is 0.367. The number of hydrogen-bond acceptors (Lipinski definition) is 6. The SMILES string of the molecule is CO[C@H]1CCN(Cc2nc(C)cs2)[C@@H]2CN(Cc3ccco3)C[C@H]12. The van der Waals surface area contributed by atoms with E-state index in [0.717, 1.165) is 50.6 Å². The smallest absolute Gasteiger partial charge is 0.117 e. The first-order chi connectivity index (χ1) is 11.7. The molecule has 0 aliphatic carbocycles. The van der Waals surface area contributed by atoms with Crippen molar-refractivity contribution in [3.8, 4) is 0 Å². The Morgan fingerprint density at radius 2 is 2.29 bits per heavy atom. The van der Waals surface area contributed by atoms with E-state index < -0.39 is 0 Å². The standard InChI is InChI=1S/C18H25N3O2S/c1-13-12-24-18(19-13)11-21-6-5-17(22-2)15-9-20(10-16(15)21)8-14-4-3-7-23-14/h3-4,7,12,15-17H,5-6,8-11H2,1-2H3/t15-,16+,17-/m0/s1. The Balaban J connectivity index is 1.47. The Bertz CT molecular complexity index is 657. The third-order valence-electron chi connectivity index (χ3n) is 5.32. The van der Waals surface area contributed by atoms with E-state index in [9.17, 15) is 0 Å². The van der Waals surface area contributed by atoms with Crippen molar-refractivity contribution in [2.45, 2.75) is 38.6 Å². The summed E-state index contributed by atoms with van der Waals surface area (Å²) in [5.74, 6) is 1.62. The molecule has 0 N–H and O–H groups in total. The minimum absolute atomic E-state index is 0.367. The molecule has 0 spiro atoms. The molecule has 0 saturated carbocycles. The zero-order valence-corrected chi connectivity index (χ0v) is 15.2. The first-order valence-corrected chi connectivity index (χ1v) is 9.53. The van der Waals surface area contributed by atoms with Crippen LogP contribution >= 0.6 is 11.3 Å². The van der Waals surface area contributed by atoms with Gasteiger partial charge in [0.2, 0.25) is 0 Å². The summed E-state index contributed by atoms with van der Waals surface area (Å²) in [5, 5.41) is 3.37. The van der Waals surface area contributed by atoms with Crippen LogP contribution in [0.25, 0.3) is 0 Å². The van der Waals surface area contributed by atoms with Gasteiger partial charge < -0.3 is 9.15 Å². The molecule has 0 bridgehead atoms. The first kappa shape index (κ1) is 16.3. The number of thiazole rings is 1. The highest BCUT2D eigenvalue weighted by molar-refractivity contribution is 7.09. The summed E-state index contributed by atoms with van der Waals surface area (Å²) >= 11 is 1.78. The summed E-state index contributed by atoms with van der Waals surface area (Å²) in [4.78, 5) is 9.77. The van der Waals surface area contributed by atoms with Gasteiger partial charge in [-0.3, -0.25) is 9.80 Å². The monoisotopic (exact) mass is 347 g/mol. The van der Waals surface area contributed by atoms with Gasteiger partial charge in [0.05, 0.1) is 25.5 Å². The van der Waals surface area contributed by atoms with Crippen LogP contribution < -0.4 is 0 Å². The Morgan fingerprint density at radius 1 is 1.38 bits per heavy atom. The van der Waals surface area contributed by atoms with Gasteiger partial charge in [0.25, 0.3) is 0 Å². The molecule has 0 aromatic carbocycles. The summed E-state index contributed by atoms with van der Waals surface area (Å²) in [6.45, 7) is 7.17. The number of nitrogens with zero attached hydrogens (tertiary/aromatic N) is 3. The van der Waals surface area contributed by atoms with Gasteiger partial charge in [-0.05, 0) is 25.5 Å². The van der Waals surface area contributed by atoms with Crippen LogP contribution in [0, 0.1) is 12.8 Å². The molecule has 2 aromatic rings. The number of hydrogen-bond donors (Lipinski definition) is 0. The van der Waals surface area contributed by atoms with Gasteiger partial charge in [0.1, 0.15) is 10.8 Å². The Labute approximate surface area is 147 Å². The van der Waals surface area contributed by atoms with Crippen LogP contribution in [0.5, 0.6) is 0 Å². The van der Waals surface area contributed by atoms with Crippen LogP contribution in [0.4, 0.5) is 0 Å². The highest BCUT2D eigenvalue weighted by Gasteiger charge is 2.44. The number of furan rings is 1. The number of fused-ring (bicyclic) bond motifs is 1. The largest absolute Gasteiger partial charge is 0.468 e. The fourth-order valence-electron chi connectivity index (χ4n) is 4.21. The van der Waals surface area contributed by atoms with Crippen molar-refractivity contribution in [3.05, 3.63) is 40.2 Å². The number of aromatic nitrogens is 1. The number of rotatable bonds is 5. The second-order valence-corrected chi connectivity index (χ2v) is 7.86. The van der Waals surface area contributed by atoms with Crippen molar-refractivity contribution in [3.63, 3.8) is 0 Å². The molecule has 4 heterocycles. The summed E-state index contributed by atoms with van der Waals surface area (Å²) < 4.78 is 11.3. The van der Waals surface area contributed by atoms with E-state index >= 15 is 0 Å². The number of likely N-dealkylation sites (tertiary alicyclic amines) is 2. The van der Waals surface area contributed by atoms with Crippen LogP contribution in [-0.4, -0.2) is 53.7 Å². The molecule has 2 aliphatic heterocycles. The first-order valence-electron chi connectivity index (χ1n) is 8.65. The van der Waals surface area contributed by atoms with Crippen LogP contribution in [0.15, 0.2) is 28.2 Å². The lowest BCUT2D eigenvalue weighted by molar-refractivity contribution is -0.0245. The number of piperidine rings is 1. The molecule has 130 valence electrons. The highest BCUT2D eigenvalue weighted by Crippen LogP contribution is 2.34. The van der Waals surface area contributed by atoms with Gasteiger partial charge in [-0.15, -0.1) is 11.3 Å². The van der Waals surface area contributed by atoms with Gasteiger partial charge in [-0.25, -0.2) is 4.98 Å². The molecule has 2 fully saturated rings. The van der Waals surface area contributed by atoms with E-state index in [1.165, 1.54) is 5.01 Å². The van der Waals surface area contributed by atoms with E-state index in [1.54, 1.807) is 17.6 Å². The quantitative estimate of drug-likeness (QED) is 0.832. The molecule has 24 heavy (non-hydrogen) atoms. The minimum Gasteiger partial charge on any atom is -0.468 e. The van der Waals surface area contributed by atoms with Gasteiger partial charge in [0.15, 0.2) is 0 Å². The molecule has 0 amide bonds. The predicted octanol–water partition coefficient (Wildman–Crippen LogP) is 2.77. The number of aryl methyl sites for hydroxylation is 1. The fraction of sp³-hybridized carbons (Fsp3) is 0.611. The molecular formula is C18H25N3O2S. The Hall–Kier alpha value is -1.21. The van der Waals surface area contributed by atoms with Crippen LogP contribution in [0.1, 0.15) is 22.9 Å². The van der Waals surface area contributed by atoms with Gasteiger partial charge in [0, 0.05) is 49.8 Å². The third-order valence-corrected chi connectivity index (χ3v) is 6.27. The zero-order valence-electron chi connectivity index (χ0n) is 14.4. The molecule has 2 aromatic heterocycles. The maximum atomic E-state index is 5.80. The van der Waals surface area contributed by atoms with Gasteiger partial charge in [-0.1, -0.05) is 0 Å². The van der Waals surface area contributed by atoms with Crippen molar-refractivity contribution in [1.82, 2.24) is 14.8 Å². The highest BCUT2D eigenvalue weighted by atomic mass is 32.1. The van der Waals surface area contributed by atoms with Crippen molar-refractivity contribution in [2.75, 3.05) is 26.7 Å². The molecule has 0 unspecified atom stereocenters. The van der Waals surface area contributed by atoms with E-state index in [0.29, 0.717) is 18.1 Å². The normalized spacial score (nSPS) is 28.3. The maximum absolute atomic E-state index is 5.80. The fourth-order valence-corrected chi connectivity index (χ4v) is 5.01. The van der Waals surface area contributed by atoms with E-state index in [2.05, 4.69) is 33.2 Å². The second-order valence-electron chi connectivity index (χ2n) is 6.92. The third kappa shape index (κ3) is 3.28. The molecule has 2 aliphatic rings. The molecule has 0 radical (unpaired) electrons. The average Bonchev–Trinajstić information content (AvgIpc) is 3.30. The Kier molecular flexibility index (Phi) is 4.72. The topological polar surface area (TPSA) is 41.7 Å². The summed E-state index contributed by atoms with van der Waals surface area (Å²) in [6.07, 6.45) is 3.23. The van der Waals surface area contributed by atoms with Crippen LogP contribution in [-0.2, 0) is 17.8 Å². The van der Waals surface area contributed by atoms with Crippen molar-refractivity contribution < 1.29 is 9.15 Å². The Morgan fingerprint density at radius 3 is 3.00 bits per heavy atom. The van der Waals surface area contributed by atoms with Gasteiger partial charge >= 0.3 is 0 Å². The van der Waals surface area contributed by atoms with Crippen LogP contribution in [0.3, 0.4) is 0 Å². The predicted molar refractivity (Wildman–Crippen MR) is 93.9 cm³/mol. The van der Waals surface area contributed by atoms with E-state index in [4.69, 9.17) is 9.15 Å². The van der Waals surface area contributed by atoms with Crippen LogP contribution in [0.2, 0.25) is 0 Å². The second kappa shape index (κ2) is 6.96. The average molecular weight is 347 g/mol. The molecule has 3 atom stereocenters. The molecule has 5 nitrogen and oxygen atoms in total. The summed E-state index contributed by atoms with van der Waals surface area (Å²) in [5.41, 5.74) is 1.13. The van der Waals surface area contributed by atoms with E-state index in [1.807, 2.05) is 13.2 Å². The zero-order chi connectivity index (χ0) is 16.5. The summed E-state index contributed by atoms with van der Waals surface area (Å²) in [7, 11) is 1.86. The molecule has 6 heteroatoms. The van der Waals surface area contributed by atoms with E-state index in [-0.39, 0.29) is 0 Å². The molecular weight excluding hydrogens is 322 g/mol. The van der Waals surface area contributed by atoms with Crippen molar-refractivity contribution >= 4 is 11.3 Å². The molecule has 2 saturated heterocycles. The lowest BCUT2D eigenvalue weighted by atomic mass is 9.89. The van der Waals surface area contributed by atoms with Gasteiger partial charge in [-0.2, -0.15) is 0 Å². The summed E-state index contributed by atoms with van der Waals surface area (Å²) in [6, 6.07) is 4.57. The number of ether oxygens (including phenoxy) is 1. The van der Waals surface area contributed by atoms with Crippen molar-refractivity contribution in [2.24, 2.45) is 5.92 Å². The molecule has 4 rings (SSSR count).